The fraction of sp³-hybridized carbons (Fsp3) is 0. The molecule has 0 radical (unpaired) electrons. The van der Waals surface area contributed by atoms with Crippen LogP contribution in [-0.4, -0.2) is 27.4 Å². The number of aliphatic hydroxyl groups excluding tert-OH is 1. The smallest absolute Gasteiger partial charge is 0.341 e. The first-order valence-electron chi connectivity index (χ1n) is 5.84. The number of hydrogen-bond acceptors (Lipinski definition) is 4. The summed E-state index contributed by atoms with van der Waals surface area (Å²) in [7, 11) is 0. The van der Waals surface area contributed by atoms with Gasteiger partial charge in [-0.1, -0.05) is 18.2 Å². The zero-order chi connectivity index (χ0) is 14.4. The minimum atomic E-state index is -1.26. The molecule has 1 aromatic heterocycles. The van der Waals surface area contributed by atoms with E-state index in [1.807, 2.05) is 6.07 Å². The lowest BCUT2D eigenvalue weighted by Crippen LogP contribution is -2.05. The fourth-order valence-corrected chi connectivity index (χ4v) is 1.53. The van der Waals surface area contributed by atoms with Crippen LogP contribution in [0.4, 0.5) is 5.69 Å². The fourth-order valence-electron chi connectivity index (χ4n) is 1.53. The molecule has 0 aliphatic rings. The average molecular weight is 268 g/mol. The number of carboxylic acid groups (broad SMARTS) is 1. The van der Waals surface area contributed by atoms with Crippen molar-refractivity contribution in [2.24, 2.45) is 4.99 Å². The molecular weight excluding hydrogens is 256 g/mol. The highest BCUT2D eigenvalue weighted by Gasteiger charge is 2.13. The van der Waals surface area contributed by atoms with Crippen molar-refractivity contribution < 1.29 is 15.0 Å². The maximum absolute atomic E-state index is 11.2. The summed E-state index contributed by atoms with van der Waals surface area (Å²) in [5.41, 5.74) is 0.636. The van der Waals surface area contributed by atoms with Crippen LogP contribution in [0.15, 0.2) is 65.4 Å². The number of para-hydroxylation sites is 1. The van der Waals surface area contributed by atoms with Crippen LogP contribution < -0.4 is 0 Å². The molecule has 1 aromatic carbocycles. The summed E-state index contributed by atoms with van der Waals surface area (Å²) in [5, 5.41) is 19.1. The van der Waals surface area contributed by atoms with E-state index < -0.39 is 5.97 Å². The molecule has 1 heterocycles. The zero-order valence-corrected chi connectivity index (χ0v) is 10.5. The summed E-state index contributed by atoms with van der Waals surface area (Å²) in [6.07, 6.45) is 4.05. The predicted octanol–water partition coefficient (Wildman–Crippen LogP) is 2.84. The Morgan fingerprint density at radius 3 is 2.45 bits per heavy atom. The van der Waals surface area contributed by atoms with Crippen molar-refractivity contribution in [3.05, 3.63) is 66.0 Å². The number of aliphatic imine (C=N–C) groups is 1. The van der Waals surface area contributed by atoms with Crippen LogP contribution in [0.3, 0.4) is 0 Å². The molecule has 0 amide bonds. The third kappa shape index (κ3) is 3.29. The number of benzene rings is 1. The molecule has 0 spiro atoms. The molecule has 20 heavy (non-hydrogen) atoms. The quantitative estimate of drug-likeness (QED) is 0.507. The second kappa shape index (κ2) is 6.29. The topological polar surface area (TPSA) is 82.8 Å². The van der Waals surface area contributed by atoms with Crippen molar-refractivity contribution in [3.8, 4) is 0 Å². The van der Waals surface area contributed by atoms with E-state index in [4.69, 9.17) is 5.11 Å². The van der Waals surface area contributed by atoms with Gasteiger partial charge in [-0.15, -0.1) is 0 Å². The monoisotopic (exact) mass is 268 g/mol. The van der Waals surface area contributed by atoms with Crippen LogP contribution in [0.2, 0.25) is 0 Å². The van der Waals surface area contributed by atoms with Gasteiger partial charge >= 0.3 is 5.97 Å². The molecule has 0 bridgehead atoms. The van der Waals surface area contributed by atoms with Gasteiger partial charge in [0.2, 0.25) is 0 Å². The van der Waals surface area contributed by atoms with E-state index in [-0.39, 0.29) is 11.3 Å². The van der Waals surface area contributed by atoms with Gasteiger partial charge in [0.05, 0.1) is 5.69 Å². The van der Waals surface area contributed by atoms with Gasteiger partial charge in [0.15, 0.2) is 0 Å². The molecule has 2 N–H and O–H groups in total. The van der Waals surface area contributed by atoms with Crippen LogP contribution in [0.1, 0.15) is 5.56 Å². The molecule has 0 unspecified atom stereocenters. The SMILES string of the molecule is O=C(O)C(C=Nc1ccccc1)=C(O)c1cccnc1. The molecule has 2 aromatic rings. The van der Waals surface area contributed by atoms with E-state index in [2.05, 4.69) is 9.98 Å². The molecular formula is C15H12N2O3. The van der Waals surface area contributed by atoms with Crippen LogP contribution >= 0.6 is 0 Å². The van der Waals surface area contributed by atoms with Gasteiger partial charge in [0.1, 0.15) is 11.3 Å². The van der Waals surface area contributed by atoms with Crippen molar-refractivity contribution in [1.82, 2.24) is 4.98 Å². The van der Waals surface area contributed by atoms with Crippen molar-refractivity contribution in [3.63, 3.8) is 0 Å². The molecule has 100 valence electrons. The van der Waals surface area contributed by atoms with E-state index in [0.29, 0.717) is 11.3 Å². The van der Waals surface area contributed by atoms with E-state index >= 15 is 0 Å². The number of hydrogen-bond donors (Lipinski definition) is 2. The Kier molecular flexibility index (Phi) is 4.24. The molecule has 2 rings (SSSR count). The van der Waals surface area contributed by atoms with E-state index in [1.165, 1.54) is 12.4 Å². The van der Waals surface area contributed by atoms with Crippen LogP contribution in [0.5, 0.6) is 0 Å². The number of aromatic nitrogens is 1. The Balaban J connectivity index is 2.37. The normalized spacial score (nSPS) is 12.2. The highest BCUT2D eigenvalue weighted by molar-refractivity contribution is 6.14. The average Bonchev–Trinajstić information content (AvgIpc) is 2.49. The van der Waals surface area contributed by atoms with Gasteiger partial charge in [-0.05, 0) is 24.3 Å². The molecule has 0 saturated carbocycles. The minimum Gasteiger partial charge on any atom is -0.506 e. The van der Waals surface area contributed by atoms with Gasteiger partial charge < -0.3 is 10.2 Å². The minimum absolute atomic E-state index is 0.290. The van der Waals surface area contributed by atoms with Crippen molar-refractivity contribution >= 4 is 23.6 Å². The van der Waals surface area contributed by atoms with Crippen LogP contribution in [0.25, 0.3) is 5.76 Å². The number of nitrogens with zero attached hydrogens (tertiary/aromatic N) is 2. The Morgan fingerprint density at radius 1 is 1.10 bits per heavy atom. The molecule has 0 fully saturated rings. The third-order valence-corrected chi connectivity index (χ3v) is 2.52. The lowest BCUT2D eigenvalue weighted by atomic mass is 10.1. The van der Waals surface area contributed by atoms with Gasteiger partial charge in [-0.3, -0.25) is 9.98 Å². The Morgan fingerprint density at radius 2 is 1.85 bits per heavy atom. The molecule has 0 aliphatic heterocycles. The number of carbonyl (C=O) groups is 1. The molecule has 0 aliphatic carbocycles. The van der Waals surface area contributed by atoms with Gasteiger partial charge in [0.25, 0.3) is 0 Å². The van der Waals surface area contributed by atoms with Gasteiger partial charge in [-0.2, -0.15) is 0 Å². The van der Waals surface area contributed by atoms with Gasteiger partial charge in [0, 0.05) is 24.2 Å². The number of aliphatic carboxylic acids is 1. The number of carboxylic acids is 1. The standard InChI is InChI=1S/C15H12N2O3/c18-14(11-5-4-8-16-9-11)13(15(19)20)10-17-12-6-2-1-3-7-12/h1-10,18H,(H,19,20). The van der Waals surface area contributed by atoms with Crippen molar-refractivity contribution in [1.29, 1.82) is 0 Å². The van der Waals surface area contributed by atoms with Crippen molar-refractivity contribution in [2.75, 3.05) is 0 Å². The van der Waals surface area contributed by atoms with Crippen LogP contribution in [0, 0.1) is 0 Å². The first-order chi connectivity index (χ1) is 9.68. The summed E-state index contributed by atoms with van der Waals surface area (Å²) < 4.78 is 0. The van der Waals surface area contributed by atoms with Gasteiger partial charge in [-0.25, -0.2) is 4.79 Å². The Labute approximate surface area is 115 Å². The first kappa shape index (κ1) is 13.5. The Bertz CT molecular complexity index is 649. The number of aliphatic hydroxyl groups is 1. The maximum atomic E-state index is 11.2. The summed E-state index contributed by atoms with van der Waals surface area (Å²) in [5.74, 6) is -1.63. The van der Waals surface area contributed by atoms with Crippen molar-refractivity contribution in [2.45, 2.75) is 0 Å². The number of pyridine rings is 1. The maximum Gasteiger partial charge on any atom is 0.341 e. The Hall–Kier alpha value is -2.95. The van der Waals surface area contributed by atoms with E-state index in [9.17, 15) is 9.90 Å². The predicted molar refractivity (Wildman–Crippen MR) is 76.0 cm³/mol. The summed E-state index contributed by atoms with van der Waals surface area (Å²) in [6.45, 7) is 0. The molecule has 0 saturated heterocycles. The zero-order valence-electron chi connectivity index (χ0n) is 10.5. The lowest BCUT2D eigenvalue weighted by Gasteiger charge is -2.02. The summed E-state index contributed by atoms with van der Waals surface area (Å²) >= 11 is 0. The van der Waals surface area contributed by atoms with E-state index in [0.717, 1.165) is 6.21 Å². The molecule has 5 heteroatoms. The summed E-state index contributed by atoms with van der Waals surface area (Å²) in [6, 6.07) is 12.1. The largest absolute Gasteiger partial charge is 0.506 e. The number of rotatable bonds is 4. The third-order valence-electron chi connectivity index (χ3n) is 2.52. The molecule has 5 nitrogen and oxygen atoms in total. The van der Waals surface area contributed by atoms with Crippen LogP contribution in [-0.2, 0) is 4.79 Å². The summed E-state index contributed by atoms with van der Waals surface area (Å²) in [4.78, 5) is 19.1. The van der Waals surface area contributed by atoms with E-state index in [1.54, 1.807) is 36.4 Å². The lowest BCUT2D eigenvalue weighted by molar-refractivity contribution is -0.132. The first-order valence-corrected chi connectivity index (χ1v) is 5.84. The highest BCUT2D eigenvalue weighted by atomic mass is 16.4. The second-order valence-electron chi connectivity index (χ2n) is 3.90. The second-order valence-corrected chi connectivity index (χ2v) is 3.90. The highest BCUT2D eigenvalue weighted by Crippen LogP contribution is 2.16. The molecule has 0 atom stereocenters.